The summed E-state index contributed by atoms with van der Waals surface area (Å²) in [7, 11) is 0. The summed E-state index contributed by atoms with van der Waals surface area (Å²) in [5.74, 6) is -5.29. The lowest BCUT2D eigenvalue weighted by molar-refractivity contribution is 0.583. The van der Waals surface area contributed by atoms with E-state index >= 15 is 8.78 Å². The molecular formula is C64H36F8N2. The monoisotopic (exact) mass is 984 g/mol. The van der Waals surface area contributed by atoms with Crippen molar-refractivity contribution in [1.82, 2.24) is 0 Å². The van der Waals surface area contributed by atoms with Crippen molar-refractivity contribution in [2.45, 2.75) is 0 Å². The first-order valence-corrected chi connectivity index (χ1v) is 23.5. The van der Waals surface area contributed by atoms with E-state index in [9.17, 15) is 26.3 Å². The molecule has 0 N–H and O–H groups in total. The molecule has 0 spiro atoms. The second-order valence-electron chi connectivity index (χ2n) is 18.0. The standard InChI is InChI=1S/C64H36F8N2/c65-47-9-1-5-39(27-47)43-25-44(40-6-2-10-48(66)28-40)32-53(31-43)73(61-23-17-51(69)35-57(61)71)59-21-15-37-14-20-56-60(22-16-38-13-19-55(59)63(37)64(38)56)74(62-24-18-52(70)36-58(62)72)54-33-45(41-7-3-11-49(67)29-41)26-46(34-54)42-8-4-12-50(68)30-42/h1-36H. The summed E-state index contributed by atoms with van der Waals surface area (Å²) in [5, 5.41) is 4.29. The number of rotatable bonds is 10. The molecule has 74 heavy (non-hydrogen) atoms. The maximum absolute atomic E-state index is 16.6. The Morgan fingerprint density at radius 1 is 0.230 bits per heavy atom. The maximum Gasteiger partial charge on any atom is 0.150 e. The van der Waals surface area contributed by atoms with Gasteiger partial charge in [0.05, 0.1) is 22.7 Å². The highest BCUT2D eigenvalue weighted by atomic mass is 19.2. The first-order chi connectivity index (χ1) is 35.9. The maximum atomic E-state index is 16.6. The minimum Gasteiger partial charge on any atom is -0.307 e. The fourth-order valence-electron chi connectivity index (χ4n) is 10.1. The molecule has 0 aliphatic carbocycles. The topological polar surface area (TPSA) is 6.48 Å². The molecule has 12 rings (SSSR count). The Morgan fingerprint density at radius 2 is 0.527 bits per heavy atom. The number of anilines is 6. The fourth-order valence-corrected chi connectivity index (χ4v) is 10.1. The molecule has 0 saturated carbocycles. The van der Waals surface area contributed by atoms with Gasteiger partial charge in [0.1, 0.15) is 46.5 Å². The van der Waals surface area contributed by atoms with E-state index in [2.05, 4.69) is 0 Å². The van der Waals surface area contributed by atoms with Crippen molar-refractivity contribution in [3.8, 4) is 44.5 Å². The Bertz CT molecular complexity index is 3780. The van der Waals surface area contributed by atoms with Crippen LogP contribution in [0.3, 0.4) is 0 Å². The lowest BCUT2D eigenvalue weighted by Gasteiger charge is -2.30. The highest BCUT2D eigenvalue weighted by Gasteiger charge is 2.26. The molecule has 0 unspecified atom stereocenters. The molecule has 0 fully saturated rings. The average molecular weight is 985 g/mol. The van der Waals surface area contributed by atoms with Crippen LogP contribution in [0.1, 0.15) is 0 Å². The van der Waals surface area contributed by atoms with Gasteiger partial charge < -0.3 is 9.80 Å². The van der Waals surface area contributed by atoms with Crippen molar-refractivity contribution < 1.29 is 35.1 Å². The molecule has 0 aliphatic rings. The highest BCUT2D eigenvalue weighted by molar-refractivity contribution is 6.28. The van der Waals surface area contributed by atoms with Crippen molar-refractivity contribution in [3.63, 3.8) is 0 Å². The summed E-state index contributed by atoms with van der Waals surface area (Å²) in [6.07, 6.45) is 0. The minimum absolute atomic E-state index is 0.0195. The summed E-state index contributed by atoms with van der Waals surface area (Å²) in [4.78, 5) is 3.30. The van der Waals surface area contributed by atoms with Crippen LogP contribution in [0.4, 0.5) is 69.2 Å². The third-order valence-corrected chi connectivity index (χ3v) is 13.4. The predicted molar refractivity (Wildman–Crippen MR) is 281 cm³/mol. The van der Waals surface area contributed by atoms with Crippen LogP contribution in [-0.2, 0) is 0 Å². The molecule has 358 valence electrons. The molecule has 0 aromatic heterocycles. The minimum atomic E-state index is -0.878. The van der Waals surface area contributed by atoms with Crippen molar-refractivity contribution in [2.24, 2.45) is 0 Å². The van der Waals surface area contributed by atoms with Gasteiger partial charge >= 0.3 is 0 Å². The van der Waals surface area contributed by atoms with Crippen molar-refractivity contribution >= 4 is 66.4 Å². The number of halogens is 8. The molecule has 2 nitrogen and oxygen atoms in total. The van der Waals surface area contributed by atoms with Gasteiger partial charge in [-0.25, -0.2) is 35.1 Å². The van der Waals surface area contributed by atoms with Crippen LogP contribution in [0.15, 0.2) is 218 Å². The molecule has 0 aliphatic heterocycles. The Labute approximate surface area is 419 Å². The zero-order chi connectivity index (χ0) is 50.8. The van der Waals surface area contributed by atoms with E-state index in [4.69, 9.17) is 0 Å². The fraction of sp³-hybridized carbons (Fsp3) is 0. The summed E-state index contributed by atoms with van der Waals surface area (Å²) >= 11 is 0. The number of nitrogens with zero attached hydrogens (tertiary/aromatic N) is 2. The first kappa shape index (κ1) is 45.8. The smallest absolute Gasteiger partial charge is 0.150 e. The van der Waals surface area contributed by atoms with Crippen molar-refractivity contribution in [3.05, 3.63) is 265 Å². The predicted octanol–water partition coefficient (Wildman–Crippen LogP) is 19.3. The molecule has 0 radical (unpaired) electrons. The second kappa shape index (κ2) is 18.4. The second-order valence-corrected chi connectivity index (χ2v) is 18.0. The number of benzene rings is 12. The van der Waals surface area contributed by atoms with Gasteiger partial charge in [-0.3, -0.25) is 0 Å². The van der Waals surface area contributed by atoms with Gasteiger partial charge in [-0.2, -0.15) is 0 Å². The molecule has 12 aromatic carbocycles. The van der Waals surface area contributed by atoms with Crippen molar-refractivity contribution in [1.29, 1.82) is 0 Å². The van der Waals surface area contributed by atoms with Crippen LogP contribution in [0, 0.1) is 46.5 Å². The SMILES string of the molecule is Fc1cccc(-c2cc(-c3cccc(F)c3)cc(N(c3ccc(F)cc3F)c3ccc4ccc5c(N(c6cc(-c7cccc(F)c7)cc(-c7cccc(F)c7)c6)c6ccc(F)cc6F)ccc6ccc3c4c65)c2)c1. The molecular weight excluding hydrogens is 949 g/mol. The van der Waals surface area contributed by atoms with Crippen LogP contribution in [0.25, 0.3) is 76.8 Å². The number of hydrogen-bond acceptors (Lipinski definition) is 2. The van der Waals surface area contributed by atoms with E-state index in [1.807, 2.05) is 48.5 Å². The van der Waals surface area contributed by atoms with E-state index < -0.39 is 46.5 Å². The Kier molecular flexibility index (Phi) is 11.4. The lowest BCUT2D eigenvalue weighted by atomic mass is 9.91. The summed E-state index contributed by atoms with van der Waals surface area (Å²) in [6.45, 7) is 0. The zero-order valence-electron chi connectivity index (χ0n) is 38.7. The van der Waals surface area contributed by atoms with Gasteiger partial charge in [0, 0.05) is 34.3 Å². The third kappa shape index (κ3) is 8.39. The first-order valence-electron chi connectivity index (χ1n) is 23.5. The summed E-state index contributed by atoms with van der Waals surface area (Å²) < 4.78 is 122. The Morgan fingerprint density at radius 3 is 0.838 bits per heavy atom. The van der Waals surface area contributed by atoms with Gasteiger partial charge in [-0.05, 0) is 187 Å². The third-order valence-electron chi connectivity index (χ3n) is 13.4. The molecule has 0 saturated heterocycles. The lowest BCUT2D eigenvalue weighted by Crippen LogP contribution is -2.14. The normalized spacial score (nSPS) is 11.5. The summed E-state index contributed by atoms with van der Waals surface area (Å²) in [6, 6.07) is 56.2. The largest absolute Gasteiger partial charge is 0.307 e. The van der Waals surface area contributed by atoms with Crippen LogP contribution >= 0.6 is 0 Å². The van der Waals surface area contributed by atoms with Gasteiger partial charge in [-0.15, -0.1) is 0 Å². The van der Waals surface area contributed by atoms with Crippen LogP contribution in [0.5, 0.6) is 0 Å². The molecule has 10 heteroatoms. The highest BCUT2D eigenvalue weighted by Crippen LogP contribution is 2.50. The quantitative estimate of drug-likeness (QED) is 0.0995. The van der Waals surface area contributed by atoms with Gasteiger partial charge in [-0.1, -0.05) is 84.9 Å². The molecule has 0 amide bonds. The Hall–Kier alpha value is -9.28. The van der Waals surface area contributed by atoms with Crippen LogP contribution < -0.4 is 9.80 Å². The van der Waals surface area contributed by atoms with Gasteiger partial charge in [0.2, 0.25) is 0 Å². The van der Waals surface area contributed by atoms with Gasteiger partial charge in [0.25, 0.3) is 0 Å². The van der Waals surface area contributed by atoms with E-state index in [1.54, 1.807) is 94.7 Å². The average Bonchev–Trinajstić information content (AvgIpc) is 3.41. The zero-order valence-corrected chi connectivity index (χ0v) is 38.7. The van der Waals surface area contributed by atoms with Crippen molar-refractivity contribution in [2.75, 3.05) is 9.80 Å². The molecule has 0 heterocycles. The summed E-state index contributed by atoms with van der Waals surface area (Å²) in [5.41, 5.74) is 5.80. The van der Waals surface area contributed by atoms with E-state index in [0.29, 0.717) is 78.0 Å². The molecule has 12 aromatic rings. The van der Waals surface area contributed by atoms with Crippen LogP contribution in [0.2, 0.25) is 0 Å². The van der Waals surface area contributed by atoms with E-state index in [0.717, 1.165) is 45.8 Å². The number of hydrogen-bond donors (Lipinski definition) is 0. The molecule has 0 atom stereocenters. The van der Waals surface area contributed by atoms with Gasteiger partial charge in [0.15, 0.2) is 0 Å². The Balaban J connectivity index is 1.12. The van der Waals surface area contributed by atoms with E-state index in [-0.39, 0.29) is 11.4 Å². The van der Waals surface area contributed by atoms with Crippen LogP contribution in [-0.4, -0.2) is 0 Å². The molecule has 0 bridgehead atoms. The van der Waals surface area contributed by atoms with E-state index in [1.165, 1.54) is 60.7 Å².